The third-order valence-electron chi connectivity index (χ3n) is 3.24. The summed E-state index contributed by atoms with van der Waals surface area (Å²) in [7, 11) is 1.67. The number of hydrogen-bond donors (Lipinski definition) is 1. The molecule has 2 aromatic carbocycles. The van der Waals surface area contributed by atoms with Gasteiger partial charge in [0.25, 0.3) is 0 Å². The summed E-state index contributed by atoms with van der Waals surface area (Å²) in [6, 6.07) is 9.58. The predicted molar refractivity (Wildman–Crippen MR) is 79.8 cm³/mol. The summed E-state index contributed by atoms with van der Waals surface area (Å²) in [6.07, 6.45) is 0. The van der Waals surface area contributed by atoms with Crippen LogP contribution in [-0.4, -0.2) is 13.7 Å². The van der Waals surface area contributed by atoms with Gasteiger partial charge in [-0.3, -0.25) is 0 Å². The van der Waals surface area contributed by atoms with Gasteiger partial charge < -0.3 is 10.1 Å². The summed E-state index contributed by atoms with van der Waals surface area (Å²) >= 11 is 5.87. The molecule has 112 valence electrons. The fourth-order valence-corrected chi connectivity index (χ4v) is 2.18. The molecule has 2 nitrogen and oxygen atoms in total. The number of benzene rings is 2. The van der Waals surface area contributed by atoms with Crippen molar-refractivity contribution in [3.63, 3.8) is 0 Å². The highest BCUT2D eigenvalue weighted by Crippen LogP contribution is 2.23. The first kappa shape index (κ1) is 15.7. The second-order valence-electron chi connectivity index (χ2n) is 4.71. The Morgan fingerprint density at radius 1 is 1.19 bits per heavy atom. The molecule has 0 spiro atoms. The van der Waals surface area contributed by atoms with Crippen molar-refractivity contribution in [1.29, 1.82) is 0 Å². The lowest BCUT2D eigenvalue weighted by molar-refractivity contribution is 0.268. The molecule has 21 heavy (non-hydrogen) atoms. The molecule has 0 aliphatic rings. The summed E-state index contributed by atoms with van der Waals surface area (Å²) in [5.74, 6) is -1.09. The van der Waals surface area contributed by atoms with E-state index in [0.29, 0.717) is 10.8 Å². The maximum absolute atomic E-state index is 14.0. The van der Waals surface area contributed by atoms with E-state index in [4.69, 9.17) is 16.3 Å². The van der Waals surface area contributed by atoms with Crippen LogP contribution >= 0.6 is 11.6 Å². The summed E-state index contributed by atoms with van der Waals surface area (Å²) < 4.78 is 33.2. The van der Waals surface area contributed by atoms with Gasteiger partial charge in [0.1, 0.15) is 12.4 Å². The van der Waals surface area contributed by atoms with E-state index in [0.717, 1.165) is 0 Å². The maximum Gasteiger partial charge on any atom is 0.163 e. The average Bonchev–Trinajstić information content (AvgIpc) is 2.47. The molecular weight excluding hydrogens is 296 g/mol. The minimum Gasteiger partial charge on any atom is -0.492 e. The van der Waals surface area contributed by atoms with Gasteiger partial charge in [-0.15, -0.1) is 0 Å². The Kier molecular flexibility index (Phi) is 5.15. The van der Waals surface area contributed by atoms with Crippen molar-refractivity contribution in [2.45, 2.75) is 13.0 Å². The van der Waals surface area contributed by atoms with Crippen molar-refractivity contribution < 1.29 is 13.5 Å². The molecule has 1 atom stereocenters. The number of ether oxygens (including phenoxy) is 1. The van der Waals surface area contributed by atoms with Gasteiger partial charge in [0.2, 0.25) is 0 Å². The first-order valence-corrected chi connectivity index (χ1v) is 6.91. The molecule has 0 radical (unpaired) electrons. The van der Waals surface area contributed by atoms with Crippen LogP contribution in [0.3, 0.4) is 0 Å². The highest BCUT2D eigenvalue weighted by molar-refractivity contribution is 6.30. The number of aryl methyl sites for hydroxylation is 1. The molecule has 2 rings (SSSR count). The Morgan fingerprint density at radius 2 is 1.95 bits per heavy atom. The van der Waals surface area contributed by atoms with Gasteiger partial charge in [0.15, 0.2) is 11.6 Å². The Labute approximate surface area is 127 Å². The Bertz CT molecular complexity index is 634. The van der Waals surface area contributed by atoms with Crippen LogP contribution in [0.25, 0.3) is 0 Å². The smallest absolute Gasteiger partial charge is 0.163 e. The van der Waals surface area contributed by atoms with E-state index in [-0.39, 0.29) is 17.7 Å². The van der Waals surface area contributed by atoms with Gasteiger partial charge in [-0.25, -0.2) is 8.78 Å². The van der Waals surface area contributed by atoms with Crippen LogP contribution in [0.5, 0.6) is 5.75 Å². The SMILES string of the molecule is CNC(COc1cccc(Cl)c1)c1ccc(C)c(F)c1F. The quantitative estimate of drug-likeness (QED) is 0.890. The van der Waals surface area contributed by atoms with E-state index < -0.39 is 17.7 Å². The van der Waals surface area contributed by atoms with Gasteiger partial charge in [-0.2, -0.15) is 0 Å². The van der Waals surface area contributed by atoms with E-state index in [1.807, 2.05) is 0 Å². The number of rotatable bonds is 5. The molecule has 0 amide bonds. The lowest BCUT2D eigenvalue weighted by Gasteiger charge is -2.19. The fourth-order valence-electron chi connectivity index (χ4n) is 2.00. The van der Waals surface area contributed by atoms with Crippen LogP contribution in [0.1, 0.15) is 17.2 Å². The highest BCUT2D eigenvalue weighted by Gasteiger charge is 2.19. The minimum absolute atomic E-state index is 0.163. The van der Waals surface area contributed by atoms with Crippen LogP contribution in [0.4, 0.5) is 8.78 Å². The lowest BCUT2D eigenvalue weighted by Crippen LogP contribution is -2.24. The largest absolute Gasteiger partial charge is 0.492 e. The molecule has 2 aromatic rings. The molecule has 0 aliphatic heterocycles. The van der Waals surface area contributed by atoms with Gasteiger partial charge in [0, 0.05) is 10.6 Å². The van der Waals surface area contributed by atoms with E-state index >= 15 is 0 Å². The first-order valence-electron chi connectivity index (χ1n) is 6.53. The summed E-state index contributed by atoms with van der Waals surface area (Å²) in [5.41, 5.74) is 0.518. The monoisotopic (exact) mass is 311 g/mol. The van der Waals surface area contributed by atoms with Crippen LogP contribution in [0, 0.1) is 18.6 Å². The zero-order valence-electron chi connectivity index (χ0n) is 11.8. The van der Waals surface area contributed by atoms with Crippen molar-refractivity contribution in [2.75, 3.05) is 13.7 Å². The van der Waals surface area contributed by atoms with Crippen molar-refractivity contribution >= 4 is 11.6 Å². The summed E-state index contributed by atoms with van der Waals surface area (Å²) in [5, 5.41) is 3.48. The van der Waals surface area contributed by atoms with Crippen LogP contribution in [-0.2, 0) is 0 Å². The number of nitrogens with one attached hydrogen (secondary N) is 1. The van der Waals surface area contributed by atoms with Crippen molar-refractivity contribution in [3.8, 4) is 5.75 Å². The van der Waals surface area contributed by atoms with E-state index in [1.165, 1.54) is 6.92 Å². The third kappa shape index (κ3) is 3.71. The normalized spacial score (nSPS) is 12.2. The Morgan fingerprint density at radius 3 is 2.62 bits per heavy atom. The van der Waals surface area contributed by atoms with Crippen molar-refractivity contribution in [1.82, 2.24) is 5.32 Å². The highest BCUT2D eigenvalue weighted by atomic mass is 35.5. The van der Waals surface area contributed by atoms with E-state index in [1.54, 1.807) is 43.4 Å². The van der Waals surface area contributed by atoms with Gasteiger partial charge in [-0.1, -0.05) is 29.8 Å². The average molecular weight is 312 g/mol. The minimum atomic E-state index is -0.843. The topological polar surface area (TPSA) is 21.3 Å². The van der Waals surface area contributed by atoms with Crippen molar-refractivity contribution in [3.05, 3.63) is 64.2 Å². The molecule has 0 heterocycles. The number of likely N-dealkylation sites (N-methyl/N-ethyl adjacent to an activating group) is 1. The number of halogens is 3. The molecule has 0 fully saturated rings. The third-order valence-corrected chi connectivity index (χ3v) is 3.48. The van der Waals surface area contributed by atoms with E-state index in [9.17, 15) is 8.78 Å². The summed E-state index contributed by atoms with van der Waals surface area (Å²) in [6.45, 7) is 1.69. The van der Waals surface area contributed by atoms with Crippen molar-refractivity contribution in [2.24, 2.45) is 0 Å². The number of hydrogen-bond acceptors (Lipinski definition) is 2. The zero-order chi connectivity index (χ0) is 15.4. The van der Waals surface area contributed by atoms with Crippen LogP contribution < -0.4 is 10.1 Å². The molecule has 1 N–H and O–H groups in total. The fraction of sp³-hybridized carbons (Fsp3) is 0.250. The van der Waals surface area contributed by atoms with Crippen LogP contribution in [0.2, 0.25) is 5.02 Å². The van der Waals surface area contributed by atoms with Crippen LogP contribution in [0.15, 0.2) is 36.4 Å². The molecule has 5 heteroatoms. The first-order chi connectivity index (χ1) is 10.0. The molecule has 0 aromatic heterocycles. The molecule has 0 saturated carbocycles. The molecule has 1 unspecified atom stereocenters. The maximum atomic E-state index is 14.0. The second kappa shape index (κ2) is 6.87. The predicted octanol–water partition coefficient (Wildman–Crippen LogP) is 4.27. The molecule has 0 aliphatic carbocycles. The van der Waals surface area contributed by atoms with Gasteiger partial charge >= 0.3 is 0 Å². The second-order valence-corrected chi connectivity index (χ2v) is 5.15. The van der Waals surface area contributed by atoms with Gasteiger partial charge in [-0.05, 0) is 37.7 Å². The molecule has 0 saturated heterocycles. The Balaban J connectivity index is 2.15. The molecular formula is C16H16ClF2NO. The Hall–Kier alpha value is -1.65. The lowest BCUT2D eigenvalue weighted by atomic mass is 10.0. The van der Waals surface area contributed by atoms with E-state index in [2.05, 4.69) is 5.32 Å². The molecule has 0 bridgehead atoms. The summed E-state index contributed by atoms with van der Waals surface area (Å²) in [4.78, 5) is 0. The van der Waals surface area contributed by atoms with Gasteiger partial charge in [0.05, 0.1) is 6.04 Å². The standard InChI is InChI=1S/C16H16ClF2NO/c1-10-6-7-13(16(19)15(10)18)14(20-2)9-21-12-5-3-4-11(17)8-12/h3-8,14,20H,9H2,1-2H3. The zero-order valence-corrected chi connectivity index (χ0v) is 12.5.